The Bertz CT molecular complexity index is 494. The number of ether oxygens (including phenoxy) is 1. The molecule has 1 saturated heterocycles. The van der Waals surface area contributed by atoms with Crippen LogP contribution in [0.5, 0.6) is 5.75 Å². The van der Waals surface area contributed by atoms with Gasteiger partial charge in [-0.25, -0.2) is 0 Å². The predicted octanol–water partition coefficient (Wildman–Crippen LogP) is 2.31. The maximum atomic E-state index is 6.06. The molecule has 2 aliphatic heterocycles. The van der Waals surface area contributed by atoms with Gasteiger partial charge in [0.05, 0.1) is 11.2 Å². The lowest BCUT2D eigenvalue weighted by Crippen LogP contribution is -2.41. The van der Waals surface area contributed by atoms with Crippen molar-refractivity contribution < 1.29 is 14.0 Å². The molecule has 2 aliphatic rings. The van der Waals surface area contributed by atoms with Gasteiger partial charge >= 0.3 is 7.12 Å². The summed E-state index contributed by atoms with van der Waals surface area (Å²) in [7, 11) is -0.310. The highest BCUT2D eigenvalue weighted by Crippen LogP contribution is 2.37. The topological polar surface area (TPSA) is 27.7 Å². The molecule has 0 aromatic heterocycles. The molecule has 0 radical (unpaired) electrons. The van der Waals surface area contributed by atoms with Crippen LogP contribution in [0.25, 0.3) is 0 Å². The molecule has 0 spiro atoms. The Morgan fingerprint density at radius 2 is 1.74 bits per heavy atom. The lowest BCUT2D eigenvalue weighted by molar-refractivity contribution is 0.00578. The molecule has 4 heteroatoms. The summed E-state index contributed by atoms with van der Waals surface area (Å²) < 4.78 is 17.9. The standard InChI is InChI=1S/C15H21BO3/c1-10-8-11-6-7-12(9-13(11)17-10)16-18-14(2,3)15(4,5)19-16/h6-7,9-10H,8H2,1-5H3. The third-order valence-electron chi connectivity index (χ3n) is 4.45. The average molecular weight is 260 g/mol. The quantitative estimate of drug-likeness (QED) is 0.725. The first kappa shape index (κ1) is 13.0. The van der Waals surface area contributed by atoms with Crippen LogP contribution >= 0.6 is 0 Å². The van der Waals surface area contributed by atoms with Gasteiger partial charge in [-0.2, -0.15) is 0 Å². The van der Waals surface area contributed by atoms with Crippen LogP contribution in [0.2, 0.25) is 0 Å². The fourth-order valence-corrected chi connectivity index (χ4v) is 2.54. The van der Waals surface area contributed by atoms with E-state index in [1.54, 1.807) is 0 Å². The van der Waals surface area contributed by atoms with E-state index < -0.39 is 0 Å². The molecule has 19 heavy (non-hydrogen) atoms. The van der Waals surface area contributed by atoms with Gasteiger partial charge in [-0.05, 0) is 51.7 Å². The molecule has 3 nitrogen and oxygen atoms in total. The number of rotatable bonds is 1. The second kappa shape index (κ2) is 4.00. The van der Waals surface area contributed by atoms with Crippen molar-refractivity contribution >= 4 is 12.6 Å². The fourth-order valence-electron chi connectivity index (χ4n) is 2.54. The van der Waals surface area contributed by atoms with Crippen molar-refractivity contribution in [2.24, 2.45) is 0 Å². The van der Waals surface area contributed by atoms with E-state index in [1.807, 2.05) is 0 Å². The van der Waals surface area contributed by atoms with Crippen LogP contribution < -0.4 is 10.2 Å². The zero-order valence-electron chi connectivity index (χ0n) is 12.3. The number of fused-ring (bicyclic) bond motifs is 1. The van der Waals surface area contributed by atoms with E-state index in [9.17, 15) is 0 Å². The minimum absolute atomic E-state index is 0.267. The van der Waals surface area contributed by atoms with Gasteiger partial charge < -0.3 is 14.0 Å². The van der Waals surface area contributed by atoms with Crippen molar-refractivity contribution in [2.45, 2.75) is 58.3 Å². The van der Waals surface area contributed by atoms with Crippen LogP contribution in [-0.2, 0) is 15.7 Å². The van der Waals surface area contributed by atoms with Gasteiger partial charge in [0.25, 0.3) is 0 Å². The molecule has 0 N–H and O–H groups in total. The molecule has 1 unspecified atom stereocenters. The van der Waals surface area contributed by atoms with E-state index in [0.29, 0.717) is 0 Å². The first-order valence-electron chi connectivity index (χ1n) is 6.94. The van der Waals surface area contributed by atoms with E-state index in [2.05, 4.69) is 52.8 Å². The van der Waals surface area contributed by atoms with E-state index in [4.69, 9.17) is 14.0 Å². The van der Waals surface area contributed by atoms with Crippen molar-refractivity contribution in [3.05, 3.63) is 23.8 Å². The Labute approximate surface area is 115 Å². The van der Waals surface area contributed by atoms with Crippen molar-refractivity contribution in [2.75, 3.05) is 0 Å². The van der Waals surface area contributed by atoms with Gasteiger partial charge in [0.15, 0.2) is 0 Å². The molecule has 1 aromatic rings. The fraction of sp³-hybridized carbons (Fsp3) is 0.600. The van der Waals surface area contributed by atoms with Gasteiger partial charge in [-0.1, -0.05) is 12.1 Å². The van der Waals surface area contributed by atoms with Crippen LogP contribution in [0.1, 0.15) is 40.2 Å². The normalized spacial score (nSPS) is 27.2. The summed E-state index contributed by atoms with van der Waals surface area (Å²) in [5.74, 6) is 0.972. The van der Waals surface area contributed by atoms with Gasteiger partial charge in [-0.3, -0.25) is 0 Å². The zero-order valence-corrected chi connectivity index (χ0v) is 12.3. The Morgan fingerprint density at radius 1 is 1.11 bits per heavy atom. The van der Waals surface area contributed by atoms with E-state index in [0.717, 1.165) is 17.6 Å². The van der Waals surface area contributed by atoms with Crippen LogP contribution in [0.3, 0.4) is 0 Å². The van der Waals surface area contributed by atoms with Gasteiger partial charge in [-0.15, -0.1) is 0 Å². The smallest absolute Gasteiger partial charge is 0.490 e. The number of benzene rings is 1. The van der Waals surface area contributed by atoms with E-state index in [1.165, 1.54) is 5.56 Å². The molecule has 0 bridgehead atoms. The molecular formula is C15H21BO3. The molecule has 1 atom stereocenters. The number of hydrogen-bond acceptors (Lipinski definition) is 3. The third kappa shape index (κ3) is 2.07. The second-order valence-corrected chi connectivity index (χ2v) is 6.59. The predicted molar refractivity (Wildman–Crippen MR) is 76.0 cm³/mol. The molecule has 0 amide bonds. The maximum Gasteiger partial charge on any atom is 0.494 e. The Hall–Kier alpha value is -0.995. The van der Waals surface area contributed by atoms with Crippen LogP contribution in [-0.4, -0.2) is 24.4 Å². The van der Waals surface area contributed by atoms with Gasteiger partial charge in [0, 0.05) is 6.42 Å². The highest BCUT2D eigenvalue weighted by Gasteiger charge is 2.51. The minimum Gasteiger partial charge on any atom is -0.490 e. The largest absolute Gasteiger partial charge is 0.494 e. The molecule has 3 rings (SSSR count). The lowest BCUT2D eigenvalue weighted by Gasteiger charge is -2.32. The van der Waals surface area contributed by atoms with Crippen molar-refractivity contribution in [3.8, 4) is 5.75 Å². The Balaban J connectivity index is 1.88. The van der Waals surface area contributed by atoms with Crippen LogP contribution in [0.15, 0.2) is 18.2 Å². The molecule has 2 heterocycles. The monoisotopic (exact) mass is 260 g/mol. The SMILES string of the molecule is CC1Cc2ccc(B3OC(C)(C)C(C)(C)O3)cc2O1. The summed E-state index contributed by atoms with van der Waals surface area (Å²) in [5.41, 5.74) is 1.70. The highest BCUT2D eigenvalue weighted by atomic mass is 16.7. The maximum absolute atomic E-state index is 6.06. The Kier molecular flexibility index (Phi) is 2.74. The van der Waals surface area contributed by atoms with Gasteiger partial charge in [0.1, 0.15) is 11.9 Å². The zero-order chi connectivity index (χ0) is 13.8. The summed E-state index contributed by atoms with van der Waals surface area (Å²) in [6, 6.07) is 6.27. The molecule has 1 aromatic carbocycles. The molecular weight excluding hydrogens is 239 g/mol. The average Bonchev–Trinajstić information content (AvgIpc) is 2.74. The second-order valence-electron chi connectivity index (χ2n) is 6.59. The van der Waals surface area contributed by atoms with Crippen molar-refractivity contribution in [3.63, 3.8) is 0 Å². The van der Waals surface area contributed by atoms with Crippen molar-refractivity contribution in [1.82, 2.24) is 0 Å². The van der Waals surface area contributed by atoms with Crippen LogP contribution in [0.4, 0.5) is 0 Å². The first-order valence-corrected chi connectivity index (χ1v) is 6.94. The lowest BCUT2D eigenvalue weighted by atomic mass is 9.78. The molecule has 0 saturated carbocycles. The first-order chi connectivity index (χ1) is 8.78. The summed E-state index contributed by atoms with van der Waals surface area (Å²) >= 11 is 0. The summed E-state index contributed by atoms with van der Waals surface area (Å²) in [5, 5.41) is 0. The van der Waals surface area contributed by atoms with E-state index in [-0.39, 0.29) is 24.4 Å². The minimum atomic E-state index is -0.310. The summed E-state index contributed by atoms with van der Waals surface area (Å²) in [6.45, 7) is 10.4. The summed E-state index contributed by atoms with van der Waals surface area (Å²) in [4.78, 5) is 0. The van der Waals surface area contributed by atoms with Gasteiger partial charge in [0.2, 0.25) is 0 Å². The molecule has 1 fully saturated rings. The molecule has 102 valence electrons. The van der Waals surface area contributed by atoms with Crippen LogP contribution in [0, 0.1) is 0 Å². The summed E-state index contributed by atoms with van der Waals surface area (Å²) in [6.07, 6.45) is 1.25. The van der Waals surface area contributed by atoms with E-state index >= 15 is 0 Å². The Morgan fingerprint density at radius 3 is 2.37 bits per heavy atom. The third-order valence-corrected chi connectivity index (χ3v) is 4.45. The molecule has 0 aliphatic carbocycles. The van der Waals surface area contributed by atoms with Crippen molar-refractivity contribution in [1.29, 1.82) is 0 Å². The highest BCUT2D eigenvalue weighted by molar-refractivity contribution is 6.62. The number of hydrogen-bond donors (Lipinski definition) is 0.